The van der Waals surface area contributed by atoms with Crippen molar-refractivity contribution in [2.75, 3.05) is 0 Å². The van der Waals surface area contributed by atoms with Gasteiger partial charge in [0.2, 0.25) is 0 Å². The Labute approximate surface area is 173 Å². The minimum Gasteiger partial charge on any atom is -0.0622 e. The average Bonchev–Trinajstić information content (AvgIpc) is 3.07. The first-order valence-corrected chi connectivity index (χ1v) is 12.5. The van der Waals surface area contributed by atoms with Gasteiger partial charge in [-0.2, -0.15) is 0 Å². The van der Waals surface area contributed by atoms with Crippen molar-refractivity contribution >= 4 is 0 Å². The summed E-state index contributed by atoms with van der Waals surface area (Å²) in [7, 11) is 0. The molecular formula is C28H42. The maximum Gasteiger partial charge on any atom is -0.0245 e. The van der Waals surface area contributed by atoms with E-state index in [-0.39, 0.29) is 0 Å². The minimum atomic E-state index is 0.595. The number of hydrogen-bond donors (Lipinski definition) is 0. The van der Waals surface area contributed by atoms with Crippen LogP contribution in [0.3, 0.4) is 0 Å². The van der Waals surface area contributed by atoms with Gasteiger partial charge in [0.1, 0.15) is 0 Å². The summed E-state index contributed by atoms with van der Waals surface area (Å²) in [5.74, 6) is 6.61. The van der Waals surface area contributed by atoms with Crippen molar-refractivity contribution in [1.29, 1.82) is 0 Å². The lowest BCUT2D eigenvalue weighted by Gasteiger charge is -2.66. The third-order valence-electron chi connectivity index (χ3n) is 10.8. The van der Waals surface area contributed by atoms with Crippen molar-refractivity contribution < 1.29 is 0 Å². The molecule has 28 heavy (non-hydrogen) atoms. The van der Waals surface area contributed by atoms with Gasteiger partial charge in [0.25, 0.3) is 0 Å². The number of rotatable bonds is 2. The molecular weight excluding hydrogens is 336 g/mol. The molecule has 154 valence electrons. The first-order chi connectivity index (χ1) is 13.4. The molecule has 4 fully saturated rings. The molecule has 0 radical (unpaired) electrons. The van der Waals surface area contributed by atoms with Crippen LogP contribution in [-0.4, -0.2) is 0 Å². The molecule has 0 bridgehead atoms. The SMILES string of the molecule is CC1CCC[C@@]2(C)[C@H]1[C@H](Cc1ccccc1)[C@H](C)[C@H]1[C@@H]3CCC[C@@]3(C)CC[C@@H]12. The molecule has 0 aliphatic heterocycles. The molecule has 0 N–H and O–H groups in total. The average molecular weight is 379 g/mol. The second-order valence-electron chi connectivity index (χ2n) is 12.0. The molecule has 1 aromatic rings. The van der Waals surface area contributed by atoms with Gasteiger partial charge in [0.15, 0.2) is 0 Å². The quantitative estimate of drug-likeness (QED) is 0.493. The molecule has 1 aromatic carbocycles. The van der Waals surface area contributed by atoms with Gasteiger partial charge in [-0.1, -0.05) is 77.3 Å². The Kier molecular flexibility index (Phi) is 4.72. The zero-order valence-corrected chi connectivity index (χ0v) is 18.8. The minimum absolute atomic E-state index is 0.595. The predicted molar refractivity (Wildman–Crippen MR) is 119 cm³/mol. The van der Waals surface area contributed by atoms with Gasteiger partial charge in [0, 0.05) is 0 Å². The molecule has 4 saturated carbocycles. The molecule has 0 aromatic heterocycles. The fourth-order valence-corrected chi connectivity index (χ4v) is 9.64. The van der Waals surface area contributed by atoms with E-state index in [1.807, 2.05) is 0 Å². The summed E-state index contributed by atoms with van der Waals surface area (Å²) in [5.41, 5.74) is 2.84. The fraction of sp³-hybridized carbons (Fsp3) is 0.786. The van der Waals surface area contributed by atoms with E-state index < -0.39 is 0 Å². The van der Waals surface area contributed by atoms with Crippen LogP contribution in [0.2, 0.25) is 0 Å². The third kappa shape index (κ3) is 2.76. The molecule has 4 aliphatic rings. The summed E-state index contributed by atoms with van der Waals surface area (Å²) in [5, 5.41) is 0. The number of benzene rings is 1. The van der Waals surface area contributed by atoms with Crippen LogP contribution in [0.1, 0.15) is 84.6 Å². The van der Waals surface area contributed by atoms with Gasteiger partial charge in [-0.25, -0.2) is 0 Å². The van der Waals surface area contributed by atoms with Crippen molar-refractivity contribution in [3.8, 4) is 0 Å². The molecule has 0 heteroatoms. The first-order valence-electron chi connectivity index (χ1n) is 12.5. The maximum absolute atomic E-state index is 2.76. The Balaban J connectivity index is 1.56. The van der Waals surface area contributed by atoms with Crippen molar-refractivity contribution in [2.45, 2.75) is 85.5 Å². The summed E-state index contributed by atoms with van der Waals surface area (Å²) in [6.07, 6.45) is 13.3. The van der Waals surface area contributed by atoms with Crippen LogP contribution in [0.15, 0.2) is 30.3 Å². The lowest BCUT2D eigenvalue weighted by atomic mass is 9.39. The molecule has 4 aliphatic carbocycles. The number of hydrogen-bond acceptors (Lipinski definition) is 0. The highest BCUT2D eigenvalue weighted by molar-refractivity contribution is 5.18. The van der Waals surface area contributed by atoms with Gasteiger partial charge in [-0.3, -0.25) is 0 Å². The summed E-state index contributed by atoms with van der Waals surface area (Å²) in [6, 6.07) is 11.5. The van der Waals surface area contributed by atoms with Crippen LogP contribution in [-0.2, 0) is 6.42 Å². The Bertz CT molecular complexity index is 691. The van der Waals surface area contributed by atoms with E-state index in [0.29, 0.717) is 10.8 Å². The van der Waals surface area contributed by atoms with Crippen LogP contribution in [0.4, 0.5) is 0 Å². The van der Waals surface area contributed by atoms with Gasteiger partial charge in [-0.15, -0.1) is 0 Å². The summed E-state index contributed by atoms with van der Waals surface area (Å²) in [6.45, 7) is 10.7. The van der Waals surface area contributed by atoms with E-state index in [9.17, 15) is 0 Å². The standard InChI is InChI=1S/C28H42/c1-19-10-8-16-28(4)24-14-17-27(3)15-9-13-23(27)25(24)20(2)22(26(19)28)18-21-11-6-5-7-12-21/h5-7,11-12,19-20,22-26H,8-10,13-18H2,1-4H3/t19?,20-,22+,23-,24-,25-,26+,27-,28+/m0/s1. The van der Waals surface area contributed by atoms with Gasteiger partial charge >= 0.3 is 0 Å². The second-order valence-corrected chi connectivity index (χ2v) is 12.0. The van der Waals surface area contributed by atoms with Crippen molar-refractivity contribution in [3.05, 3.63) is 35.9 Å². The molecule has 0 spiro atoms. The van der Waals surface area contributed by atoms with E-state index in [4.69, 9.17) is 0 Å². The zero-order chi connectivity index (χ0) is 19.5. The lowest BCUT2D eigenvalue weighted by molar-refractivity contribution is -0.172. The van der Waals surface area contributed by atoms with Gasteiger partial charge in [-0.05, 0) is 96.3 Å². The Morgan fingerprint density at radius 2 is 1.61 bits per heavy atom. The van der Waals surface area contributed by atoms with Crippen molar-refractivity contribution in [3.63, 3.8) is 0 Å². The smallest absolute Gasteiger partial charge is 0.0245 e. The van der Waals surface area contributed by atoms with E-state index in [1.54, 1.807) is 5.56 Å². The maximum atomic E-state index is 2.76. The lowest BCUT2D eigenvalue weighted by Crippen LogP contribution is -2.60. The summed E-state index contributed by atoms with van der Waals surface area (Å²) >= 11 is 0. The highest BCUT2D eigenvalue weighted by Crippen LogP contribution is 2.69. The molecule has 0 nitrogen and oxygen atoms in total. The third-order valence-corrected chi connectivity index (χ3v) is 10.8. The monoisotopic (exact) mass is 378 g/mol. The number of fused-ring (bicyclic) bond motifs is 5. The highest BCUT2D eigenvalue weighted by atomic mass is 14.7. The molecule has 1 unspecified atom stereocenters. The molecule has 0 saturated heterocycles. The van der Waals surface area contributed by atoms with E-state index in [2.05, 4.69) is 58.0 Å². The second kappa shape index (κ2) is 6.88. The van der Waals surface area contributed by atoms with E-state index in [0.717, 1.165) is 41.4 Å². The molecule has 5 rings (SSSR count). The van der Waals surface area contributed by atoms with Crippen molar-refractivity contribution in [1.82, 2.24) is 0 Å². The summed E-state index contributed by atoms with van der Waals surface area (Å²) in [4.78, 5) is 0. The molecule has 9 atom stereocenters. The summed E-state index contributed by atoms with van der Waals surface area (Å²) < 4.78 is 0. The van der Waals surface area contributed by atoms with Crippen LogP contribution in [0.25, 0.3) is 0 Å². The topological polar surface area (TPSA) is 0 Å². The van der Waals surface area contributed by atoms with Crippen LogP contribution >= 0.6 is 0 Å². The fourth-order valence-electron chi connectivity index (χ4n) is 9.64. The Morgan fingerprint density at radius 3 is 2.39 bits per heavy atom. The Morgan fingerprint density at radius 1 is 0.857 bits per heavy atom. The molecule has 0 heterocycles. The van der Waals surface area contributed by atoms with E-state index >= 15 is 0 Å². The zero-order valence-electron chi connectivity index (χ0n) is 18.8. The van der Waals surface area contributed by atoms with Gasteiger partial charge < -0.3 is 0 Å². The highest BCUT2D eigenvalue weighted by Gasteiger charge is 2.62. The van der Waals surface area contributed by atoms with Crippen LogP contribution in [0.5, 0.6) is 0 Å². The predicted octanol–water partition coefficient (Wildman–Crippen LogP) is 7.77. The normalized spacial score (nSPS) is 50.5. The Hall–Kier alpha value is -0.780. The van der Waals surface area contributed by atoms with Gasteiger partial charge in [0.05, 0.1) is 0 Å². The largest absolute Gasteiger partial charge is 0.0622 e. The van der Waals surface area contributed by atoms with Crippen LogP contribution < -0.4 is 0 Å². The van der Waals surface area contributed by atoms with Crippen LogP contribution in [0, 0.1) is 52.3 Å². The molecule has 0 amide bonds. The van der Waals surface area contributed by atoms with E-state index in [1.165, 1.54) is 57.8 Å². The van der Waals surface area contributed by atoms with Crippen molar-refractivity contribution in [2.24, 2.45) is 52.3 Å². The first kappa shape index (κ1) is 19.2.